The molecule has 0 fully saturated rings. The van der Waals surface area contributed by atoms with Gasteiger partial charge < -0.3 is 14.8 Å². The van der Waals surface area contributed by atoms with Gasteiger partial charge in [-0.05, 0) is 30.7 Å². The summed E-state index contributed by atoms with van der Waals surface area (Å²) in [5.74, 6) is -0.544. The van der Waals surface area contributed by atoms with Crippen LogP contribution in [0.1, 0.15) is 45.5 Å². The third kappa shape index (κ3) is 3.77. The lowest BCUT2D eigenvalue weighted by Crippen LogP contribution is -2.29. The molecule has 1 atom stereocenters. The molecule has 35 heavy (non-hydrogen) atoms. The molecule has 3 aromatic carbocycles. The van der Waals surface area contributed by atoms with Crippen LogP contribution in [0, 0.1) is 11.3 Å². The number of esters is 1. The normalized spacial score (nSPS) is 16.3. The second-order valence-corrected chi connectivity index (χ2v) is 8.38. The van der Waals surface area contributed by atoms with E-state index in [1.54, 1.807) is 12.1 Å². The topological polar surface area (TPSA) is 88.4 Å². The first-order chi connectivity index (χ1) is 17.0. The smallest absolute Gasteiger partial charge is 0.336 e. The summed E-state index contributed by atoms with van der Waals surface area (Å²) >= 11 is 0. The fourth-order valence-corrected chi connectivity index (χ4v) is 4.72. The molecule has 0 spiro atoms. The Kier molecular flexibility index (Phi) is 5.68. The minimum absolute atomic E-state index is 0.101. The van der Waals surface area contributed by atoms with Gasteiger partial charge in [0.1, 0.15) is 12.4 Å². The van der Waals surface area contributed by atoms with E-state index < -0.39 is 11.9 Å². The number of benzene rings is 3. The van der Waals surface area contributed by atoms with Crippen molar-refractivity contribution in [3.05, 3.63) is 117 Å². The molecule has 6 nitrogen and oxygen atoms in total. The summed E-state index contributed by atoms with van der Waals surface area (Å²) < 4.78 is 11.0. The van der Waals surface area contributed by atoms with Gasteiger partial charge in [-0.1, -0.05) is 54.6 Å². The molecule has 0 aromatic heterocycles. The summed E-state index contributed by atoms with van der Waals surface area (Å²) in [7, 11) is 1.34. The highest BCUT2D eigenvalue weighted by atomic mass is 16.5. The van der Waals surface area contributed by atoms with Crippen LogP contribution in [0.5, 0.6) is 5.75 Å². The lowest BCUT2D eigenvalue weighted by Gasteiger charge is -2.29. The summed E-state index contributed by atoms with van der Waals surface area (Å²) in [6.45, 7) is 2.07. The zero-order valence-electron chi connectivity index (χ0n) is 19.3. The maximum Gasteiger partial charge on any atom is 0.336 e. The van der Waals surface area contributed by atoms with E-state index in [1.165, 1.54) is 7.11 Å². The zero-order valence-corrected chi connectivity index (χ0v) is 19.3. The number of nitriles is 1. The number of fused-ring (bicyclic) bond motifs is 2. The standard InChI is InChI=1S/C29H22N2O4/c1-17-24(29(33)34-2)25(26-27(31-17)22-9-5-6-10-23(22)28(26)32)18-11-13-21(14-12-18)35-16-20-8-4-3-7-19(20)15-30/h3-14,25,31H,16H2,1-2H3/t25-/m0/s1. The van der Waals surface area contributed by atoms with Gasteiger partial charge in [-0.15, -0.1) is 0 Å². The van der Waals surface area contributed by atoms with Gasteiger partial charge in [0, 0.05) is 33.9 Å². The number of ether oxygens (including phenoxy) is 2. The van der Waals surface area contributed by atoms with Crippen LogP contribution in [0.3, 0.4) is 0 Å². The van der Waals surface area contributed by atoms with Crippen molar-refractivity contribution in [2.45, 2.75) is 19.4 Å². The third-order valence-corrected chi connectivity index (χ3v) is 6.40. The van der Waals surface area contributed by atoms with Crippen LogP contribution in [0.4, 0.5) is 0 Å². The minimum Gasteiger partial charge on any atom is -0.489 e. The van der Waals surface area contributed by atoms with Crippen LogP contribution in [0.15, 0.2) is 89.6 Å². The number of rotatable bonds is 5. The highest BCUT2D eigenvalue weighted by Crippen LogP contribution is 2.46. The fraction of sp³-hybridized carbons (Fsp3) is 0.138. The van der Waals surface area contributed by atoms with E-state index in [4.69, 9.17) is 9.47 Å². The van der Waals surface area contributed by atoms with Crippen molar-refractivity contribution in [1.82, 2.24) is 5.32 Å². The van der Waals surface area contributed by atoms with Crippen LogP contribution >= 0.6 is 0 Å². The Bertz CT molecular complexity index is 1460. The Morgan fingerprint density at radius 2 is 1.69 bits per heavy atom. The summed E-state index contributed by atoms with van der Waals surface area (Å²) in [5.41, 5.74) is 5.92. The van der Waals surface area contributed by atoms with E-state index in [0.717, 1.165) is 22.4 Å². The number of hydrogen-bond donors (Lipinski definition) is 1. The van der Waals surface area contributed by atoms with Gasteiger partial charge in [-0.25, -0.2) is 4.79 Å². The van der Waals surface area contributed by atoms with Crippen molar-refractivity contribution in [3.63, 3.8) is 0 Å². The van der Waals surface area contributed by atoms with Crippen molar-refractivity contribution in [2.75, 3.05) is 7.11 Å². The van der Waals surface area contributed by atoms with Crippen LogP contribution in [0.25, 0.3) is 5.70 Å². The molecule has 1 aliphatic carbocycles. The SMILES string of the molecule is COC(=O)C1=C(C)NC2=C(C(=O)c3ccccc32)[C@H]1c1ccc(OCc2ccccc2C#N)cc1. The number of carbonyl (C=O) groups is 2. The van der Waals surface area contributed by atoms with Crippen LogP contribution in [-0.2, 0) is 16.1 Å². The number of nitrogens with zero attached hydrogens (tertiary/aromatic N) is 1. The van der Waals surface area contributed by atoms with Crippen LogP contribution in [0.2, 0.25) is 0 Å². The predicted molar refractivity (Wildman–Crippen MR) is 130 cm³/mol. The molecule has 2 aliphatic rings. The van der Waals surface area contributed by atoms with Crippen LogP contribution < -0.4 is 10.1 Å². The van der Waals surface area contributed by atoms with Crippen molar-refractivity contribution < 1.29 is 19.1 Å². The largest absolute Gasteiger partial charge is 0.489 e. The van der Waals surface area contributed by atoms with Crippen molar-refractivity contribution in [1.29, 1.82) is 5.26 Å². The molecule has 0 unspecified atom stereocenters. The predicted octanol–water partition coefficient (Wildman–Crippen LogP) is 4.88. The molecule has 1 aliphatic heterocycles. The minimum atomic E-state index is -0.577. The maximum absolute atomic E-state index is 13.4. The quantitative estimate of drug-likeness (QED) is 0.544. The molecule has 6 heteroatoms. The zero-order chi connectivity index (χ0) is 24.5. The molecule has 1 heterocycles. The molecule has 0 radical (unpaired) electrons. The second kappa shape index (κ2) is 8.96. The van der Waals surface area contributed by atoms with Crippen molar-refractivity contribution >= 4 is 17.4 Å². The molecular weight excluding hydrogens is 440 g/mol. The van der Waals surface area contributed by atoms with E-state index in [9.17, 15) is 14.9 Å². The van der Waals surface area contributed by atoms with Gasteiger partial charge >= 0.3 is 5.97 Å². The van der Waals surface area contributed by atoms with E-state index >= 15 is 0 Å². The number of methoxy groups -OCH3 is 1. The van der Waals surface area contributed by atoms with Gasteiger partial charge in [0.05, 0.1) is 30.0 Å². The summed E-state index contributed by atoms with van der Waals surface area (Å²) in [6.07, 6.45) is 0. The average molecular weight is 463 g/mol. The van der Waals surface area contributed by atoms with E-state index in [1.807, 2.05) is 67.6 Å². The van der Waals surface area contributed by atoms with Crippen LogP contribution in [-0.4, -0.2) is 18.9 Å². The van der Waals surface area contributed by atoms with E-state index in [0.29, 0.717) is 33.7 Å². The average Bonchev–Trinajstić information content (AvgIpc) is 3.18. The first-order valence-corrected chi connectivity index (χ1v) is 11.2. The van der Waals surface area contributed by atoms with Gasteiger partial charge in [0.15, 0.2) is 5.78 Å². The number of ketones is 1. The number of hydrogen-bond acceptors (Lipinski definition) is 6. The molecule has 1 N–H and O–H groups in total. The fourth-order valence-electron chi connectivity index (χ4n) is 4.72. The van der Waals surface area contributed by atoms with Crippen molar-refractivity contribution in [2.24, 2.45) is 0 Å². The van der Waals surface area contributed by atoms with Gasteiger partial charge in [-0.2, -0.15) is 5.26 Å². The van der Waals surface area contributed by atoms with E-state index in [2.05, 4.69) is 11.4 Å². The number of carbonyl (C=O) groups excluding carboxylic acids is 2. The Hall–Kier alpha value is -4.63. The first kappa shape index (κ1) is 22.2. The molecule has 0 saturated carbocycles. The van der Waals surface area contributed by atoms with Crippen molar-refractivity contribution in [3.8, 4) is 11.8 Å². The molecule has 0 bridgehead atoms. The van der Waals surface area contributed by atoms with Gasteiger partial charge in [0.2, 0.25) is 0 Å². The number of allylic oxidation sites excluding steroid dienone is 2. The number of dihydropyridines is 1. The molecule has 0 saturated heterocycles. The summed E-state index contributed by atoms with van der Waals surface area (Å²) in [6, 6.07) is 24.2. The van der Waals surface area contributed by atoms with Gasteiger partial charge in [0.25, 0.3) is 0 Å². The number of nitrogens with one attached hydrogen (secondary N) is 1. The highest BCUT2D eigenvalue weighted by molar-refractivity contribution is 6.23. The Morgan fingerprint density at radius 1 is 1.00 bits per heavy atom. The monoisotopic (exact) mass is 462 g/mol. The molecule has 5 rings (SSSR count). The third-order valence-electron chi connectivity index (χ3n) is 6.40. The first-order valence-electron chi connectivity index (χ1n) is 11.2. The van der Waals surface area contributed by atoms with Gasteiger partial charge in [-0.3, -0.25) is 4.79 Å². The molecule has 3 aromatic rings. The molecular formula is C29H22N2O4. The summed E-state index contributed by atoms with van der Waals surface area (Å²) in [5, 5.41) is 12.6. The summed E-state index contributed by atoms with van der Waals surface area (Å²) in [4.78, 5) is 26.3. The Morgan fingerprint density at radius 3 is 2.40 bits per heavy atom. The molecule has 0 amide bonds. The number of Topliss-reactive ketones (excluding diaryl/α,β-unsaturated/α-hetero) is 1. The Labute approximate surface area is 203 Å². The Balaban J connectivity index is 1.50. The van der Waals surface area contributed by atoms with E-state index in [-0.39, 0.29) is 12.4 Å². The second-order valence-electron chi connectivity index (χ2n) is 8.38. The highest BCUT2D eigenvalue weighted by Gasteiger charge is 2.42. The maximum atomic E-state index is 13.4. The lowest BCUT2D eigenvalue weighted by molar-refractivity contribution is -0.136. The lowest BCUT2D eigenvalue weighted by atomic mass is 9.80. The molecule has 172 valence electrons.